The number of para-hydroxylation sites is 1. The number of nitrogens with zero attached hydrogens (tertiary/aromatic N) is 1. The smallest absolute Gasteiger partial charge is 0.109 e. The maximum Gasteiger partial charge on any atom is 0.109 e. The average Bonchev–Trinajstić information content (AvgIpc) is 3.79. The van der Waals surface area contributed by atoms with Crippen molar-refractivity contribution in [3.63, 3.8) is 0 Å². The van der Waals surface area contributed by atoms with E-state index < -0.39 is 0 Å². The first-order chi connectivity index (χ1) is 27.6. The van der Waals surface area contributed by atoms with E-state index in [0.717, 1.165) is 5.69 Å². The molecule has 1 aromatic heterocycles. The van der Waals surface area contributed by atoms with Gasteiger partial charge in [0.15, 0.2) is 0 Å². The zero-order chi connectivity index (χ0) is 38.3. The number of rotatable bonds is 17. The fourth-order valence-electron chi connectivity index (χ4n) is 9.31. The van der Waals surface area contributed by atoms with Gasteiger partial charge in [-0.25, -0.2) is 0 Å². The van der Waals surface area contributed by atoms with Gasteiger partial charge in [0.1, 0.15) is 5.00 Å². The largest absolute Gasteiger partial charge is 0.301 e. The lowest BCUT2D eigenvalue weighted by molar-refractivity contribution is 0.399. The number of anilines is 3. The highest BCUT2D eigenvalue weighted by Gasteiger charge is 2.42. The Kier molecular flexibility index (Phi) is 12.2. The van der Waals surface area contributed by atoms with Gasteiger partial charge in [-0.1, -0.05) is 197 Å². The van der Waals surface area contributed by atoms with Crippen LogP contribution in [-0.4, -0.2) is 0 Å². The summed E-state index contributed by atoms with van der Waals surface area (Å²) in [5, 5.41) is 6.15. The molecule has 0 aliphatic heterocycles. The number of hydrogen-bond donors (Lipinski definition) is 0. The molecule has 6 aromatic carbocycles. The van der Waals surface area contributed by atoms with Crippen molar-refractivity contribution in [3.8, 4) is 33.4 Å². The van der Waals surface area contributed by atoms with E-state index in [1.807, 2.05) is 11.3 Å². The van der Waals surface area contributed by atoms with Gasteiger partial charge in [-0.05, 0) is 88.0 Å². The summed E-state index contributed by atoms with van der Waals surface area (Å²) in [5.74, 6) is 0. The molecule has 1 nitrogen and oxygen atoms in total. The molecule has 0 N–H and O–H groups in total. The number of fused-ring (bicyclic) bond motifs is 4. The minimum absolute atomic E-state index is 0.00761. The van der Waals surface area contributed by atoms with Crippen LogP contribution in [0, 0.1) is 0 Å². The lowest BCUT2D eigenvalue weighted by Crippen LogP contribution is -2.25. The van der Waals surface area contributed by atoms with Crippen LogP contribution in [0.3, 0.4) is 0 Å². The third-order valence-corrected chi connectivity index (χ3v) is 13.6. The average molecular weight is 817 g/mol. The molecule has 56 heavy (non-hydrogen) atoms. The van der Waals surface area contributed by atoms with Gasteiger partial charge in [0, 0.05) is 37.5 Å². The van der Waals surface area contributed by atoms with Crippen LogP contribution in [0.15, 0.2) is 149 Å². The van der Waals surface area contributed by atoms with E-state index >= 15 is 0 Å². The van der Waals surface area contributed by atoms with Crippen LogP contribution in [0.2, 0.25) is 0 Å². The molecule has 0 radical (unpaired) electrons. The lowest BCUT2D eigenvalue weighted by Gasteiger charge is -2.33. The number of halogens is 1. The maximum absolute atomic E-state index is 3.92. The van der Waals surface area contributed by atoms with Crippen LogP contribution in [0.5, 0.6) is 0 Å². The highest BCUT2D eigenvalue weighted by atomic mass is 79.9. The molecule has 0 fully saturated rings. The van der Waals surface area contributed by atoms with Crippen molar-refractivity contribution < 1.29 is 0 Å². The zero-order valence-electron chi connectivity index (χ0n) is 33.1. The molecule has 7 aromatic rings. The van der Waals surface area contributed by atoms with Crippen LogP contribution in [0.4, 0.5) is 16.4 Å². The van der Waals surface area contributed by atoms with E-state index in [4.69, 9.17) is 0 Å². The van der Waals surface area contributed by atoms with Crippen LogP contribution >= 0.6 is 27.3 Å². The van der Waals surface area contributed by atoms with Gasteiger partial charge in [-0.2, -0.15) is 0 Å². The number of unbranched alkanes of at least 4 members (excludes halogenated alkanes) is 8. The van der Waals surface area contributed by atoms with Crippen LogP contribution in [-0.2, 0) is 5.41 Å². The van der Waals surface area contributed by atoms with E-state index in [1.165, 1.54) is 147 Å². The molecule has 0 saturated heterocycles. The third kappa shape index (κ3) is 7.65. The van der Waals surface area contributed by atoms with Crippen molar-refractivity contribution in [2.24, 2.45) is 0 Å². The second-order valence-electron chi connectivity index (χ2n) is 15.7. The maximum atomic E-state index is 3.92. The Bertz CT molecular complexity index is 2360. The first-order valence-corrected chi connectivity index (χ1v) is 22.8. The van der Waals surface area contributed by atoms with Gasteiger partial charge < -0.3 is 4.90 Å². The molecule has 0 unspecified atom stereocenters. The summed E-state index contributed by atoms with van der Waals surface area (Å²) in [6.45, 7) is 4.64. The zero-order valence-corrected chi connectivity index (χ0v) is 35.5. The summed E-state index contributed by atoms with van der Waals surface area (Å²) in [7, 11) is 0. The molecule has 1 heterocycles. The Morgan fingerprint density at radius 2 is 1.14 bits per heavy atom. The summed E-state index contributed by atoms with van der Waals surface area (Å²) in [4.78, 5) is 2.50. The molecule has 0 amide bonds. The van der Waals surface area contributed by atoms with Gasteiger partial charge in [0.25, 0.3) is 0 Å². The van der Waals surface area contributed by atoms with Crippen molar-refractivity contribution in [1.29, 1.82) is 0 Å². The Hall–Kier alpha value is -4.44. The van der Waals surface area contributed by atoms with Crippen molar-refractivity contribution in [2.75, 3.05) is 4.90 Å². The molecule has 1 aliphatic rings. The predicted octanol–water partition coefficient (Wildman–Crippen LogP) is 17.5. The topological polar surface area (TPSA) is 3.24 Å². The SMILES string of the molecule is CCCCCCCC1(CCCCCCC)c2cc(Br)ccc2-c2ccc(-c3csc(N(c4ccccc4)c4cccc5ccccc45)c3-c3ccccc3)cc21. The van der Waals surface area contributed by atoms with Gasteiger partial charge in [0.2, 0.25) is 0 Å². The summed E-state index contributed by atoms with van der Waals surface area (Å²) in [6, 6.07) is 52.1. The molecule has 0 saturated carbocycles. The van der Waals surface area contributed by atoms with E-state index in [0.29, 0.717) is 0 Å². The fraction of sp³-hybridized carbons (Fsp3) is 0.283. The highest BCUT2D eigenvalue weighted by Crippen LogP contribution is 2.57. The quantitative estimate of drug-likeness (QED) is 0.0828. The van der Waals surface area contributed by atoms with Crippen LogP contribution < -0.4 is 4.90 Å². The van der Waals surface area contributed by atoms with E-state index in [-0.39, 0.29) is 5.41 Å². The molecule has 3 heteroatoms. The third-order valence-electron chi connectivity index (χ3n) is 12.1. The molecule has 0 atom stereocenters. The minimum Gasteiger partial charge on any atom is -0.301 e. The monoisotopic (exact) mass is 815 g/mol. The van der Waals surface area contributed by atoms with Crippen molar-refractivity contribution in [1.82, 2.24) is 0 Å². The molecule has 0 spiro atoms. The fourth-order valence-corrected chi connectivity index (χ4v) is 10.8. The Balaban J connectivity index is 1.30. The number of hydrogen-bond acceptors (Lipinski definition) is 2. The molecular formula is C53H54BrNS. The van der Waals surface area contributed by atoms with E-state index in [9.17, 15) is 0 Å². The van der Waals surface area contributed by atoms with Gasteiger partial charge in [-0.3, -0.25) is 0 Å². The number of thiophene rings is 1. The van der Waals surface area contributed by atoms with Gasteiger partial charge >= 0.3 is 0 Å². The van der Waals surface area contributed by atoms with Crippen molar-refractivity contribution in [2.45, 2.75) is 96.3 Å². The van der Waals surface area contributed by atoms with Crippen LogP contribution in [0.1, 0.15) is 102 Å². The minimum atomic E-state index is 0.00761. The molecule has 1 aliphatic carbocycles. The first kappa shape index (κ1) is 38.4. The molecular weight excluding hydrogens is 763 g/mol. The van der Waals surface area contributed by atoms with E-state index in [1.54, 1.807) is 0 Å². The summed E-state index contributed by atoms with van der Waals surface area (Å²) in [5.41, 5.74) is 13.4. The molecule has 0 bridgehead atoms. The summed E-state index contributed by atoms with van der Waals surface area (Å²) in [6.07, 6.45) is 15.4. The van der Waals surface area contributed by atoms with E-state index in [2.05, 4.69) is 180 Å². The molecule has 8 rings (SSSR count). The van der Waals surface area contributed by atoms with Crippen molar-refractivity contribution in [3.05, 3.63) is 161 Å². The normalized spacial score (nSPS) is 12.8. The van der Waals surface area contributed by atoms with Gasteiger partial charge in [-0.15, -0.1) is 11.3 Å². The highest BCUT2D eigenvalue weighted by molar-refractivity contribution is 9.10. The number of benzene rings is 6. The lowest BCUT2D eigenvalue weighted by atomic mass is 9.70. The predicted molar refractivity (Wildman–Crippen MR) is 248 cm³/mol. The standard InChI is InChI=1S/C53H54BrNS/c1-3-5-7-9-19-34-53(35-20-10-8-6-4-2)48-36-41(30-32-45(48)46-33-31-42(54)37-49(46)53)47-38-56-52(51(47)40-23-13-11-14-24-40)55(43-26-15-12-16-27-43)50-29-21-25-39-22-17-18-28-44(39)50/h11-18,21-33,36-38H,3-10,19-20,34-35H2,1-2H3. The summed E-state index contributed by atoms with van der Waals surface area (Å²) >= 11 is 5.78. The van der Waals surface area contributed by atoms with Gasteiger partial charge in [0.05, 0.1) is 5.69 Å². The Morgan fingerprint density at radius 3 is 1.86 bits per heavy atom. The molecule has 284 valence electrons. The second-order valence-corrected chi connectivity index (χ2v) is 17.5. The van der Waals surface area contributed by atoms with Crippen LogP contribution in [0.25, 0.3) is 44.2 Å². The Morgan fingerprint density at radius 1 is 0.536 bits per heavy atom. The first-order valence-electron chi connectivity index (χ1n) is 21.1. The second kappa shape index (κ2) is 17.8. The summed E-state index contributed by atoms with van der Waals surface area (Å²) < 4.78 is 1.19. The Labute approximate surface area is 347 Å². The van der Waals surface area contributed by atoms with Crippen molar-refractivity contribution >= 4 is 54.4 Å².